The molecule has 3 rings (SSSR count). The number of hydrogen-bond acceptors (Lipinski definition) is 4. The van der Waals surface area contributed by atoms with E-state index in [1.165, 1.54) is 0 Å². The number of carbonyl (C=O) groups is 1. The molecule has 0 spiro atoms. The van der Waals surface area contributed by atoms with Gasteiger partial charge in [0, 0.05) is 40.7 Å². The summed E-state index contributed by atoms with van der Waals surface area (Å²) >= 11 is 13.1. The van der Waals surface area contributed by atoms with Crippen molar-refractivity contribution in [2.75, 3.05) is 18.5 Å². The standard InChI is InChI=1S/C17H17Cl2NO3S2/c18-15-9-14(16(19)24-15)17(21)20-12-3-1-2-11(8-12)10-25(22)13-4-6-23-7-5-13/h1-3,8-9,13H,4-7,10H2,(H,20,21). The second kappa shape index (κ2) is 8.64. The minimum absolute atomic E-state index is 0.179. The fraction of sp³-hybridized carbons (Fsp3) is 0.353. The van der Waals surface area contributed by atoms with Crippen LogP contribution < -0.4 is 5.32 Å². The molecule has 0 radical (unpaired) electrons. The van der Waals surface area contributed by atoms with Gasteiger partial charge in [0.2, 0.25) is 0 Å². The lowest BCUT2D eigenvalue weighted by Crippen LogP contribution is -2.25. The molecular weight excluding hydrogens is 401 g/mol. The molecule has 1 saturated heterocycles. The maximum Gasteiger partial charge on any atom is 0.258 e. The number of nitrogens with one attached hydrogen (secondary N) is 1. The molecule has 1 aromatic carbocycles. The van der Waals surface area contributed by atoms with Crippen LogP contribution in [0.15, 0.2) is 30.3 Å². The smallest absolute Gasteiger partial charge is 0.258 e. The first kappa shape index (κ1) is 18.9. The average molecular weight is 418 g/mol. The van der Waals surface area contributed by atoms with Crippen LogP contribution in [0.25, 0.3) is 0 Å². The van der Waals surface area contributed by atoms with Gasteiger partial charge in [-0.1, -0.05) is 35.3 Å². The van der Waals surface area contributed by atoms with Crippen molar-refractivity contribution in [2.45, 2.75) is 23.8 Å². The Bertz CT molecular complexity index is 788. The molecule has 1 aliphatic rings. The molecule has 1 unspecified atom stereocenters. The lowest BCUT2D eigenvalue weighted by Gasteiger charge is -2.21. The summed E-state index contributed by atoms with van der Waals surface area (Å²) in [6.07, 6.45) is 1.67. The summed E-state index contributed by atoms with van der Waals surface area (Å²) in [6.45, 7) is 1.35. The van der Waals surface area contributed by atoms with E-state index in [4.69, 9.17) is 27.9 Å². The summed E-state index contributed by atoms with van der Waals surface area (Å²) in [7, 11) is -0.944. The number of halogens is 2. The van der Waals surface area contributed by atoms with E-state index < -0.39 is 10.8 Å². The first-order valence-corrected chi connectivity index (χ1v) is 10.8. The minimum Gasteiger partial charge on any atom is -0.381 e. The second-order valence-electron chi connectivity index (χ2n) is 5.73. The summed E-state index contributed by atoms with van der Waals surface area (Å²) in [5.41, 5.74) is 1.93. The van der Waals surface area contributed by atoms with Gasteiger partial charge in [-0.2, -0.15) is 0 Å². The van der Waals surface area contributed by atoms with E-state index in [-0.39, 0.29) is 11.2 Å². The zero-order valence-electron chi connectivity index (χ0n) is 13.3. The van der Waals surface area contributed by atoms with Crippen LogP contribution >= 0.6 is 34.5 Å². The van der Waals surface area contributed by atoms with Crippen LogP contribution in [-0.4, -0.2) is 28.6 Å². The highest BCUT2D eigenvalue weighted by molar-refractivity contribution is 7.84. The van der Waals surface area contributed by atoms with E-state index >= 15 is 0 Å². The quantitative estimate of drug-likeness (QED) is 0.764. The van der Waals surface area contributed by atoms with E-state index in [1.54, 1.807) is 12.1 Å². The van der Waals surface area contributed by atoms with E-state index in [0.717, 1.165) is 29.7 Å². The Morgan fingerprint density at radius 1 is 1.28 bits per heavy atom. The van der Waals surface area contributed by atoms with Crippen LogP contribution in [0.5, 0.6) is 0 Å². The highest BCUT2D eigenvalue weighted by Gasteiger charge is 2.20. The topological polar surface area (TPSA) is 55.4 Å². The highest BCUT2D eigenvalue weighted by atomic mass is 35.5. The minimum atomic E-state index is -0.944. The maximum atomic E-state index is 12.5. The van der Waals surface area contributed by atoms with Crippen molar-refractivity contribution >= 4 is 56.9 Å². The van der Waals surface area contributed by atoms with Gasteiger partial charge in [0.25, 0.3) is 5.91 Å². The maximum absolute atomic E-state index is 12.5. The fourth-order valence-electron chi connectivity index (χ4n) is 2.65. The molecule has 0 bridgehead atoms. The van der Waals surface area contributed by atoms with Crippen molar-refractivity contribution in [2.24, 2.45) is 0 Å². The first-order chi connectivity index (χ1) is 12.0. The van der Waals surface area contributed by atoms with Crippen LogP contribution in [0.2, 0.25) is 8.67 Å². The zero-order valence-corrected chi connectivity index (χ0v) is 16.4. The molecule has 4 nitrogen and oxygen atoms in total. The van der Waals surface area contributed by atoms with Gasteiger partial charge in [0.05, 0.1) is 9.90 Å². The SMILES string of the molecule is O=C(Nc1cccc(CS(=O)C2CCOCC2)c1)c1cc(Cl)sc1Cl. The third-order valence-corrected chi connectivity index (χ3v) is 7.26. The number of rotatable bonds is 5. The molecule has 1 atom stereocenters. The number of hydrogen-bond donors (Lipinski definition) is 1. The highest BCUT2D eigenvalue weighted by Crippen LogP contribution is 2.31. The largest absolute Gasteiger partial charge is 0.381 e. The number of amides is 1. The van der Waals surface area contributed by atoms with E-state index in [9.17, 15) is 9.00 Å². The molecule has 8 heteroatoms. The van der Waals surface area contributed by atoms with Gasteiger partial charge in [0.1, 0.15) is 4.34 Å². The van der Waals surface area contributed by atoms with E-state index in [0.29, 0.717) is 38.9 Å². The number of benzene rings is 1. The van der Waals surface area contributed by atoms with Crippen molar-refractivity contribution in [3.05, 3.63) is 50.1 Å². The molecule has 0 aliphatic carbocycles. The molecule has 25 heavy (non-hydrogen) atoms. The zero-order chi connectivity index (χ0) is 17.8. The Balaban J connectivity index is 1.65. The third kappa shape index (κ3) is 5.05. The van der Waals surface area contributed by atoms with Gasteiger partial charge in [-0.25, -0.2) is 0 Å². The monoisotopic (exact) mass is 417 g/mol. The van der Waals surface area contributed by atoms with Crippen molar-refractivity contribution in [1.82, 2.24) is 0 Å². The Morgan fingerprint density at radius 3 is 2.72 bits per heavy atom. The van der Waals surface area contributed by atoms with Crippen molar-refractivity contribution in [3.63, 3.8) is 0 Å². The molecule has 1 N–H and O–H groups in total. The Morgan fingerprint density at radius 2 is 2.04 bits per heavy atom. The van der Waals surface area contributed by atoms with Gasteiger partial charge in [-0.3, -0.25) is 9.00 Å². The molecule has 1 fully saturated rings. The first-order valence-electron chi connectivity index (χ1n) is 7.83. The van der Waals surface area contributed by atoms with Crippen LogP contribution in [-0.2, 0) is 21.3 Å². The summed E-state index contributed by atoms with van der Waals surface area (Å²) in [5.74, 6) is 0.162. The molecule has 134 valence electrons. The lowest BCUT2D eigenvalue weighted by atomic mass is 10.2. The molecule has 1 aromatic heterocycles. The summed E-state index contributed by atoms with van der Waals surface area (Å²) in [5, 5.41) is 2.99. The molecule has 0 saturated carbocycles. The summed E-state index contributed by atoms with van der Waals surface area (Å²) < 4.78 is 18.7. The van der Waals surface area contributed by atoms with Gasteiger partial charge in [-0.15, -0.1) is 11.3 Å². The number of anilines is 1. The van der Waals surface area contributed by atoms with Crippen molar-refractivity contribution in [1.29, 1.82) is 0 Å². The predicted molar refractivity (Wildman–Crippen MR) is 104 cm³/mol. The molecule has 2 aromatic rings. The second-order valence-corrected chi connectivity index (χ2v) is 9.73. The van der Waals surface area contributed by atoms with Crippen LogP contribution in [0.3, 0.4) is 0 Å². The normalized spacial score (nSPS) is 16.6. The Labute approximate surface area is 162 Å². The molecule has 1 aliphatic heterocycles. The fourth-order valence-corrected chi connectivity index (χ4v) is 5.57. The predicted octanol–water partition coefficient (Wildman–Crippen LogP) is 4.73. The van der Waals surface area contributed by atoms with Gasteiger partial charge in [-0.05, 0) is 36.6 Å². The molecule has 2 heterocycles. The number of thiophene rings is 1. The number of carbonyl (C=O) groups excluding carboxylic acids is 1. The Hall–Kier alpha value is -0.920. The van der Waals surface area contributed by atoms with Crippen LogP contribution in [0, 0.1) is 0 Å². The van der Waals surface area contributed by atoms with E-state index in [1.807, 2.05) is 18.2 Å². The van der Waals surface area contributed by atoms with Gasteiger partial charge >= 0.3 is 0 Å². The third-order valence-electron chi connectivity index (χ3n) is 3.94. The van der Waals surface area contributed by atoms with Crippen molar-refractivity contribution < 1.29 is 13.7 Å². The summed E-state index contributed by atoms with van der Waals surface area (Å²) in [6, 6.07) is 8.95. The van der Waals surface area contributed by atoms with Crippen LogP contribution in [0.4, 0.5) is 5.69 Å². The van der Waals surface area contributed by atoms with Crippen LogP contribution in [0.1, 0.15) is 28.8 Å². The molecular formula is C17H17Cl2NO3S2. The van der Waals surface area contributed by atoms with Gasteiger partial charge in [0.15, 0.2) is 0 Å². The Kier molecular flexibility index (Phi) is 6.52. The van der Waals surface area contributed by atoms with E-state index in [2.05, 4.69) is 5.32 Å². The van der Waals surface area contributed by atoms with Gasteiger partial charge < -0.3 is 10.1 Å². The average Bonchev–Trinajstić information content (AvgIpc) is 2.94. The summed E-state index contributed by atoms with van der Waals surface area (Å²) in [4.78, 5) is 12.3. The number of ether oxygens (including phenoxy) is 1. The molecule has 1 amide bonds. The van der Waals surface area contributed by atoms with Crippen molar-refractivity contribution in [3.8, 4) is 0 Å². The lowest BCUT2D eigenvalue weighted by molar-refractivity contribution is 0.0991.